The van der Waals surface area contributed by atoms with Crippen LogP contribution in [0.25, 0.3) is 11.3 Å². The molecule has 15 heavy (non-hydrogen) atoms. The Morgan fingerprint density at radius 2 is 2.13 bits per heavy atom. The van der Waals surface area contributed by atoms with E-state index in [-0.39, 0.29) is 6.04 Å². The summed E-state index contributed by atoms with van der Waals surface area (Å²) in [6, 6.07) is 9.99. The zero-order chi connectivity index (χ0) is 10.8. The van der Waals surface area contributed by atoms with Gasteiger partial charge in [0.2, 0.25) is 0 Å². The van der Waals surface area contributed by atoms with E-state index in [1.807, 2.05) is 37.3 Å². The number of hydrogen-bond acceptors (Lipinski definition) is 2. The molecule has 1 aromatic heterocycles. The van der Waals surface area contributed by atoms with Gasteiger partial charge in [0, 0.05) is 11.6 Å². The number of nitrogens with two attached hydrogens (primary N) is 1. The molecule has 0 aliphatic carbocycles. The van der Waals surface area contributed by atoms with Gasteiger partial charge < -0.3 is 10.2 Å². The smallest absolute Gasteiger partial charge is 0.148 e. The maximum Gasteiger partial charge on any atom is 0.148 e. The van der Waals surface area contributed by atoms with Crippen molar-refractivity contribution < 1.29 is 4.42 Å². The van der Waals surface area contributed by atoms with Gasteiger partial charge in [-0.2, -0.15) is 0 Å². The number of rotatable bonds is 2. The second-order valence-corrected chi connectivity index (χ2v) is 4.37. The lowest BCUT2D eigenvalue weighted by molar-refractivity contribution is 0.581. The molecule has 0 saturated heterocycles. The first-order valence-electron chi connectivity index (χ1n) is 4.77. The van der Waals surface area contributed by atoms with E-state index >= 15 is 0 Å². The van der Waals surface area contributed by atoms with E-state index in [0.29, 0.717) is 0 Å². The van der Waals surface area contributed by atoms with Crippen molar-refractivity contribution in [2.24, 2.45) is 5.73 Å². The molecule has 0 bridgehead atoms. The minimum Gasteiger partial charge on any atom is -0.463 e. The van der Waals surface area contributed by atoms with Gasteiger partial charge in [-0.3, -0.25) is 0 Å². The first-order valence-corrected chi connectivity index (χ1v) is 5.56. The zero-order valence-electron chi connectivity index (χ0n) is 8.41. The molecule has 78 valence electrons. The normalized spacial score (nSPS) is 12.7. The topological polar surface area (TPSA) is 39.2 Å². The molecule has 0 spiro atoms. The fourth-order valence-electron chi connectivity index (χ4n) is 1.46. The Labute approximate surface area is 97.2 Å². The maximum absolute atomic E-state index is 5.83. The molecule has 1 atom stereocenters. The van der Waals surface area contributed by atoms with Crippen LogP contribution in [0.4, 0.5) is 0 Å². The Balaban J connectivity index is 2.46. The van der Waals surface area contributed by atoms with Crippen LogP contribution < -0.4 is 5.73 Å². The van der Waals surface area contributed by atoms with E-state index in [4.69, 9.17) is 10.2 Å². The van der Waals surface area contributed by atoms with Crippen LogP contribution in [0.5, 0.6) is 0 Å². The Morgan fingerprint density at radius 3 is 2.73 bits per heavy atom. The molecule has 1 unspecified atom stereocenters. The number of halogens is 1. The van der Waals surface area contributed by atoms with E-state index in [9.17, 15) is 0 Å². The van der Waals surface area contributed by atoms with Crippen molar-refractivity contribution >= 4 is 15.9 Å². The predicted molar refractivity (Wildman–Crippen MR) is 64.4 cm³/mol. The fraction of sp³-hybridized carbons (Fsp3) is 0.167. The van der Waals surface area contributed by atoms with Crippen LogP contribution in [0.15, 0.2) is 45.5 Å². The summed E-state index contributed by atoms with van der Waals surface area (Å²) in [5.41, 5.74) is 7.98. The average Bonchev–Trinajstić information content (AvgIpc) is 2.64. The first kappa shape index (κ1) is 10.5. The summed E-state index contributed by atoms with van der Waals surface area (Å²) in [6.45, 7) is 1.97. The second kappa shape index (κ2) is 4.21. The third kappa shape index (κ3) is 2.13. The highest BCUT2D eigenvalue weighted by Crippen LogP contribution is 2.30. The standard InChI is InChI=1S/C12H12BrNO/c1-8(14)9-3-2-4-10(7-9)12-11(13)5-6-15-12/h2-8H,14H2,1H3. The van der Waals surface area contributed by atoms with E-state index in [0.717, 1.165) is 21.4 Å². The van der Waals surface area contributed by atoms with Gasteiger partial charge in [-0.1, -0.05) is 18.2 Å². The van der Waals surface area contributed by atoms with Crippen molar-refractivity contribution in [2.45, 2.75) is 13.0 Å². The van der Waals surface area contributed by atoms with E-state index in [1.54, 1.807) is 6.26 Å². The lowest BCUT2D eigenvalue weighted by Gasteiger charge is -2.06. The van der Waals surface area contributed by atoms with Crippen LogP contribution in [-0.4, -0.2) is 0 Å². The molecule has 1 aromatic carbocycles. The van der Waals surface area contributed by atoms with Crippen LogP contribution in [0.1, 0.15) is 18.5 Å². The third-order valence-corrected chi connectivity index (χ3v) is 2.92. The lowest BCUT2D eigenvalue weighted by atomic mass is 10.0. The highest BCUT2D eigenvalue weighted by atomic mass is 79.9. The van der Waals surface area contributed by atoms with Gasteiger partial charge in [0.15, 0.2) is 0 Å². The van der Waals surface area contributed by atoms with E-state index in [2.05, 4.69) is 15.9 Å². The van der Waals surface area contributed by atoms with Crippen LogP contribution in [-0.2, 0) is 0 Å². The van der Waals surface area contributed by atoms with Crippen molar-refractivity contribution in [3.8, 4) is 11.3 Å². The Bertz CT molecular complexity index is 462. The molecular formula is C12H12BrNO. The van der Waals surface area contributed by atoms with Gasteiger partial charge in [0.25, 0.3) is 0 Å². The Hall–Kier alpha value is -1.06. The maximum atomic E-state index is 5.83. The summed E-state index contributed by atoms with van der Waals surface area (Å²) in [5.74, 6) is 0.845. The van der Waals surface area contributed by atoms with Gasteiger partial charge >= 0.3 is 0 Å². The lowest BCUT2D eigenvalue weighted by Crippen LogP contribution is -2.04. The van der Waals surface area contributed by atoms with E-state index < -0.39 is 0 Å². The molecule has 3 heteroatoms. The molecule has 0 fully saturated rings. The highest BCUT2D eigenvalue weighted by molar-refractivity contribution is 9.10. The van der Waals surface area contributed by atoms with Gasteiger partial charge in [-0.15, -0.1) is 0 Å². The Kier molecular flexibility index (Phi) is 2.93. The SMILES string of the molecule is CC(N)c1cccc(-c2occc2Br)c1. The predicted octanol–water partition coefficient (Wildman–Crippen LogP) is 3.73. The number of benzene rings is 1. The average molecular weight is 266 g/mol. The minimum atomic E-state index is 0.0405. The molecule has 2 rings (SSSR count). The summed E-state index contributed by atoms with van der Waals surface area (Å²) in [4.78, 5) is 0. The number of hydrogen-bond donors (Lipinski definition) is 1. The summed E-state index contributed by atoms with van der Waals surface area (Å²) in [5, 5.41) is 0. The fourth-order valence-corrected chi connectivity index (χ4v) is 1.89. The van der Waals surface area contributed by atoms with Gasteiger partial charge in [0.05, 0.1) is 10.7 Å². The summed E-state index contributed by atoms with van der Waals surface area (Å²) < 4.78 is 6.36. The van der Waals surface area contributed by atoms with Crippen molar-refractivity contribution in [1.29, 1.82) is 0 Å². The van der Waals surface area contributed by atoms with Crippen LogP contribution in [0.2, 0.25) is 0 Å². The molecule has 2 aromatic rings. The van der Waals surface area contributed by atoms with Crippen LogP contribution in [0.3, 0.4) is 0 Å². The first-order chi connectivity index (χ1) is 7.18. The largest absolute Gasteiger partial charge is 0.463 e. The monoisotopic (exact) mass is 265 g/mol. The minimum absolute atomic E-state index is 0.0405. The van der Waals surface area contributed by atoms with Gasteiger partial charge in [0.1, 0.15) is 5.76 Å². The molecule has 0 amide bonds. The highest BCUT2D eigenvalue weighted by Gasteiger charge is 2.08. The van der Waals surface area contributed by atoms with Crippen molar-refractivity contribution in [3.05, 3.63) is 46.6 Å². The van der Waals surface area contributed by atoms with Gasteiger partial charge in [-0.25, -0.2) is 0 Å². The quantitative estimate of drug-likeness (QED) is 0.899. The van der Waals surface area contributed by atoms with Crippen molar-refractivity contribution in [3.63, 3.8) is 0 Å². The van der Waals surface area contributed by atoms with Crippen LogP contribution >= 0.6 is 15.9 Å². The van der Waals surface area contributed by atoms with E-state index in [1.165, 1.54) is 0 Å². The Morgan fingerprint density at radius 1 is 1.33 bits per heavy atom. The zero-order valence-corrected chi connectivity index (χ0v) is 9.99. The molecule has 0 aliphatic rings. The second-order valence-electron chi connectivity index (χ2n) is 3.51. The third-order valence-electron chi connectivity index (χ3n) is 2.29. The van der Waals surface area contributed by atoms with Crippen molar-refractivity contribution in [1.82, 2.24) is 0 Å². The van der Waals surface area contributed by atoms with Gasteiger partial charge in [-0.05, 0) is 40.5 Å². The number of furan rings is 1. The summed E-state index contributed by atoms with van der Waals surface area (Å²) >= 11 is 3.44. The summed E-state index contributed by atoms with van der Waals surface area (Å²) in [7, 11) is 0. The molecule has 0 saturated carbocycles. The molecule has 2 nitrogen and oxygen atoms in total. The molecule has 0 aliphatic heterocycles. The molecule has 0 radical (unpaired) electrons. The molecular weight excluding hydrogens is 254 g/mol. The molecule has 2 N–H and O–H groups in total. The molecule has 1 heterocycles. The van der Waals surface area contributed by atoms with Crippen molar-refractivity contribution in [2.75, 3.05) is 0 Å². The van der Waals surface area contributed by atoms with Crippen LogP contribution in [0, 0.1) is 0 Å². The summed E-state index contributed by atoms with van der Waals surface area (Å²) in [6.07, 6.45) is 1.66.